The summed E-state index contributed by atoms with van der Waals surface area (Å²) in [5.41, 5.74) is 2.27. The van der Waals surface area contributed by atoms with Gasteiger partial charge in [0.15, 0.2) is 11.3 Å². The van der Waals surface area contributed by atoms with Crippen molar-refractivity contribution < 1.29 is 4.58 Å². The van der Waals surface area contributed by atoms with Crippen molar-refractivity contribution in [1.82, 2.24) is 0 Å². The zero-order valence-electron chi connectivity index (χ0n) is 12.2. The molecule has 16 heavy (non-hydrogen) atoms. The lowest BCUT2D eigenvalue weighted by atomic mass is 9.84. The lowest BCUT2D eigenvalue weighted by Crippen LogP contribution is -2.43. The summed E-state index contributed by atoms with van der Waals surface area (Å²) in [4.78, 5) is 0. The van der Waals surface area contributed by atoms with E-state index in [0.29, 0.717) is 5.41 Å². The molecular formula is C15H30N+. The fourth-order valence-corrected chi connectivity index (χ4v) is 2.71. The van der Waals surface area contributed by atoms with Crippen LogP contribution >= 0.6 is 0 Å². The molecule has 0 saturated carbocycles. The SMILES string of the molecule is CC(C)(C)/C1=[N+](\C(C)(C)C)CCCCCC1. The Morgan fingerprint density at radius 2 is 1.38 bits per heavy atom. The molecule has 0 aromatic heterocycles. The Morgan fingerprint density at radius 1 is 0.812 bits per heavy atom. The van der Waals surface area contributed by atoms with Gasteiger partial charge in [0.1, 0.15) is 6.54 Å². The molecule has 1 nitrogen and oxygen atoms in total. The molecule has 0 spiro atoms. The molecule has 1 heteroatoms. The van der Waals surface area contributed by atoms with Gasteiger partial charge >= 0.3 is 0 Å². The third-order valence-electron chi connectivity index (χ3n) is 3.55. The number of hydrogen-bond donors (Lipinski definition) is 0. The quantitative estimate of drug-likeness (QED) is 0.541. The Bertz CT molecular complexity index is 232. The first-order chi connectivity index (χ1) is 7.23. The van der Waals surface area contributed by atoms with Crippen LogP contribution in [0.15, 0.2) is 0 Å². The highest BCUT2D eigenvalue weighted by Gasteiger charge is 2.34. The van der Waals surface area contributed by atoms with Crippen molar-refractivity contribution in [3.8, 4) is 0 Å². The Kier molecular flexibility index (Phi) is 4.20. The number of nitrogens with zero attached hydrogens (tertiary/aromatic N) is 1. The van der Waals surface area contributed by atoms with Crippen LogP contribution in [-0.2, 0) is 0 Å². The molecular weight excluding hydrogens is 194 g/mol. The van der Waals surface area contributed by atoms with E-state index in [4.69, 9.17) is 0 Å². The van der Waals surface area contributed by atoms with Crippen molar-refractivity contribution >= 4 is 5.71 Å². The van der Waals surface area contributed by atoms with Gasteiger partial charge in [0.2, 0.25) is 0 Å². The minimum Gasteiger partial charge on any atom is -0.232 e. The maximum absolute atomic E-state index is 2.67. The molecule has 0 saturated heterocycles. The molecule has 0 fully saturated rings. The first kappa shape index (κ1) is 13.7. The summed E-state index contributed by atoms with van der Waals surface area (Å²) >= 11 is 0. The monoisotopic (exact) mass is 224 g/mol. The van der Waals surface area contributed by atoms with Gasteiger partial charge in [0, 0.05) is 18.3 Å². The van der Waals surface area contributed by atoms with Gasteiger partial charge in [-0.15, -0.1) is 0 Å². The van der Waals surface area contributed by atoms with Gasteiger partial charge in [-0.3, -0.25) is 0 Å². The van der Waals surface area contributed by atoms with E-state index in [-0.39, 0.29) is 5.54 Å². The zero-order valence-corrected chi connectivity index (χ0v) is 12.2. The van der Waals surface area contributed by atoms with Crippen molar-refractivity contribution in [2.75, 3.05) is 6.54 Å². The summed E-state index contributed by atoms with van der Waals surface area (Å²) in [6.45, 7) is 15.4. The molecule has 1 aliphatic heterocycles. The van der Waals surface area contributed by atoms with Gasteiger partial charge in [0.25, 0.3) is 0 Å². The van der Waals surface area contributed by atoms with Crippen molar-refractivity contribution in [2.45, 2.75) is 79.2 Å². The summed E-state index contributed by atoms with van der Waals surface area (Å²) in [6.07, 6.45) is 6.85. The maximum atomic E-state index is 2.67. The lowest BCUT2D eigenvalue weighted by molar-refractivity contribution is -0.601. The van der Waals surface area contributed by atoms with Crippen LogP contribution in [0.5, 0.6) is 0 Å². The fourth-order valence-electron chi connectivity index (χ4n) is 2.71. The molecule has 1 rings (SSSR count). The van der Waals surface area contributed by atoms with E-state index in [1.54, 1.807) is 5.71 Å². The molecule has 94 valence electrons. The first-order valence-corrected chi connectivity index (χ1v) is 6.87. The molecule has 0 aromatic rings. The average Bonchev–Trinajstić information content (AvgIpc) is 1.96. The summed E-state index contributed by atoms with van der Waals surface area (Å²) in [5, 5.41) is 0. The van der Waals surface area contributed by atoms with Gasteiger partial charge in [-0.2, -0.15) is 0 Å². The summed E-state index contributed by atoms with van der Waals surface area (Å²) < 4.78 is 2.67. The predicted octanol–water partition coefficient (Wildman–Crippen LogP) is 4.25. The van der Waals surface area contributed by atoms with Gasteiger partial charge in [-0.05, 0) is 33.6 Å². The van der Waals surface area contributed by atoms with E-state index >= 15 is 0 Å². The third kappa shape index (κ3) is 3.61. The van der Waals surface area contributed by atoms with E-state index in [2.05, 4.69) is 46.1 Å². The van der Waals surface area contributed by atoms with Crippen molar-refractivity contribution in [1.29, 1.82) is 0 Å². The van der Waals surface area contributed by atoms with Crippen molar-refractivity contribution in [2.24, 2.45) is 5.41 Å². The summed E-state index contributed by atoms with van der Waals surface area (Å²) in [5.74, 6) is 0. The lowest BCUT2D eigenvalue weighted by Gasteiger charge is -2.29. The largest absolute Gasteiger partial charge is 0.232 e. The van der Waals surface area contributed by atoms with Crippen molar-refractivity contribution in [3.05, 3.63) is 0 Å². The molecule has 0 bridgehead atoms. The number of rotatable bonds is 0. The van der Waals surface area contributed by atoms with Gasteiger partial charge < -0.3 is 0 Å². The molecule has 0 amide bonds. The predicted molar refractivity (Wildman–Crippen MR) is 72.4 cm³/mol. The van der Waals surface area contributed by atoms with Gasteiger partial charge in [-0.25, -0.2) is 4.58 Å². The minimum absolute atomic E-state index is 0.278. The Morgan fingerprint density at radius 3 is 1.88 bits per heavy atom. The summed E-state index contributed by atoms with van der Waals surface area (Å²) in [6, 6.07) is 0. The molecule has 1 heterocycles. The smallest absolute Gasteiger partial charge is 0.158 e. The molecule has 0 N–H and O–H groups in total. The minimum atomic E-state index is 0.278. The van der Waals surface area contributed by atoms with Crippen LogP contribution in [-0.4, -0.2) is 22.4 Å². The van der Waals surface area contributed by atoms with Crippen LogP contribution in [0.25, 0.3) is 0 Å². The second-order valence-electron chi connectivity index (χ2n) is 7.18. The van der Waals surface area contributed by atoms with Crippen LogP contribution in [0.1, 0.15) is 73.6 Å². The third-order valence-corrected chi connectivity index (χ3v) is 3.55. The Labute approximate surface area is 102 Å². The average molecular weight is 224 g/mol. The topological polar surface area (TPSA) is 3.01 Å². The second-order valence-corrected chi connectivity index (χ2v) is 7.18. The number of hydrogen-bond acceptors (Lipinski definition) is 0. The highest BCUT2D eigenvalue weighted by molar-refractivity contribution is 5.85. The van der Waals surface area contributed by atoms with Crippen LogP contribution in [0.4, 0.5) is 0 Å². The van der Waals surface area contributed by atoms with E-state index in [1.165, 1.54) is 38.6 Å². The Hall–Kier alpha value is -0.330. The van der Waals surface area contributed by atoms with E-state index in [1.807, 2.05) is 0 Å². The highest BCUT2D eigenvalue weighted by atomic mass is 15.1. The maximum Gasteiger partial charge on any atom is 0.158 e. The van der Waals surface area contributed by atoms with Crippen molar-refractivity contribution in [3.63, 3.8) is 0 Å². The first-order valence-electron chi connectivity index (χ1n) is 6.87. The molecule has 1 aliphatic rings. The van der Waals surface area contributed by atoms with Crippen LogP contribution in [0.3, 0.4) is 0 Å². The Balaban J connectivity index is 3.12. The molecule has 0 unspecified atom stereocenters. The van der Waals surface area contributed by atoms with Gasteiger partial charge in [-0.1, -0.05) is 27.2 Å². The normalized spacial score (nSPS) is 25.1. The highest BCUT2D eigenvalue weighted by Crippen LogP contribution is 2.25. The van der Waals surface area contributed by atoms with E-state index < -0.39 is 0 Å². The van der Waals surface area contributed by atoms with Gasteiger partial charge in [0.05, 0.1) is 0 Å². The molecule has 0 atom stereocenters. The molecule has 0 aromatic carbocycles. The molecule has 0 aliphatic carbocycles. The second kappa shape index (κ2) is 4.89. The fraction of sp³-hybridized carbons (Fsp3) is 0.933. The molecule has 0 radical (unpaired) electrons. The standard InChI is InChI=1S/C15H30N/c1-14(2,3)13-11-9-7-8-10-12-16(13)15(4,5)6/h7-12H2,1-6H3/q+1/b16-13-. The van der Waals surface area contributed by atoms with E-state index in [0.717, 1.165) is 0 Å². The zero-order chi connectivity index (χ0) is 12.4. The summed E-state index contributed by atoms with van der Waals surface area (Å²) in [7, 11) is 0. The van der Waals surface area contributed by atoms with E-state index in [9.17, 15) is 0 Å². The van der Waals surface area contributed by atoms with Crippen LogP contribution in [0, 0.1) is 5.41 Å². The van der Waals surface area contributed by atoms with Crippen LogP contribution in [0.2, 0.25) is 0 Å². The van der Waals surface area contributed by atoms with Crippen LogP contribution < -0.4 is 0 Å².